The molecule has 1 aliphatic rings. The second-order valence-electron chi connectivity index (χ2n) is 5.27. The second-order valence-corrected chi connectivity index (χ2v) is 7.08. The highest BCUT2D eigenvalue weighted by Gasteiger charge is 2.25. The Bertz CT molecular complexity index is 241. The zero-order valence-corrected chi connectivity index (χ0v) is 11.7. The van der Waals surface area contributed by atoms with Gasteiger partial charge in [0.25, 0.3) is 0 Å². The average Bonchev–Trinajstić information content (AvgIpc) is 2.35. The number of carbonyl (C=O) groups excluding carboxylic acids is 1. The number of nitrogens with zero attached hydrogens (tertiary/aromatic N) is 1. The molecular weight excluding hydrogens is 220 g/mol. The van der Waals surface area contributed by atoms with Gasteiger partial charge in [0.05, 0.1) is 6.54 Å². The Hall–Kier alpha value is -0.220. The van der Waals surface area contributed by atoms with Crippen molar-refractivity contribution in [1.82, 2.24) is 10.2 Å². The minimum atomic E-state index is 0.243. The van der Waals surface area contributed by atoms with Crippen LogP contribution in [-0.2, 0) is 4.79 Å². The lowest BCUT2D eigenvalue weighted by molar-refractivity contribution is -0.130. The quantitative estimate of drug-likeness (QED) is 0.820. The first kappa shape index (κ1) is 13.8. The number of hydrogen-bond donors (Lipinski definition) is 1. The van der Waals surface area contributed by atoms with Crippen molar-refractivity contribution in [2.75, 3.05) is 25.4 Å². The van der Waals surface area contributed by atoms with Crippen LogP contribution in [0.5, 0.6) is 0 Å². The van der Waals surface area contributed by atoms with Gasteiger partial charge in [0.1, 0.15) is 0 Å². The first-order valence-electron chi connectivity index (χ1n) is 6.06. The van der Waals surface area contributed by atoms with Crippen molar-refractivity contribution in [3.63, 3.8) is 0 Å². The molecule has 0 aromatic rings. The Morgan fingerprint density at radius 3 is 2.75 bits per heavy atom. The molecule has 1 amide bonds. The molecule has 0 spiro atoms. The van der Waals surface area contributed by atoms with Crippen molar-refractivity contribution in [3.8, 4) is 0 Å². The van der Waals surface area contributed by atoms with E-state index in [0.29, 0.717) is 17.3 Å². The Kier molecular flexibility index (Phi) is 5.12. The Morgan fingerprint density at radius 1 is 1.44 bits per heavy atom. The average molecular weight is 244 g/mol. The molecule has 16 heavy (non-hydrogen) atoms. The van der Waals surface area contributed by atoms with E-state index in [1.165, 1.54) is 0 Å². The molecule has 4 heteroatoms. The van der Waals surface area contributed by atoms with Gasteiger partial charge < -0.3 is 10.2 Å². The first-order valence-corrected chi connectivity index (χ1v) is 7.04. The molecule has 1 fully saturated rings. The molecule has 94 valence electrons. The van der Waals surface area contributed by atoms with Crippen LogP contribution in [-0.4, -0.2) is 47.0 Å². The van der Waals surface area contributed by atoms with Gasteiger partial charge in [-0.05, 0) is 6.42 Å². The summed E-state index contributed by atoms with van der Waals surface area (Å²) >= 11 is 1.97. The predicted octanol–water partition coefficient (Wildman–Crippen LogP) is 1.73. The zero-order valence-electron chi connectivity index (χ0n) is 10.9. The number of hydrogen-bond acceptors (Lipinski definition) is 3. The van der Waals surface area contributed by atoms with Gasteiger partial charge in [0.15, 0.2) is 0 Å². The van der Waals surface area contributed by atoms with E-state index in [4.69, 9.17) is 0 Å². The van der Waals surface area contributed by atoms with E-state index in [2.05, 4.69) is 33.0 Å². The van der Waals surface area contributed by atoms with Crippen LogP contribution in [0.3, 0.4) is 0 Å². The fourth-order valence-electron chi connectivity index (χ4n) is 1.67. The molecule has 0 atom stereocenters. The SMILES string of the molecule is CC(C)NCC(=O)N1CCSC(C)(C)CC1. The zero-order chi connectivity index (χ0) is 12.2. The Balaban J connectivity index is 2.39. The van der Waals surface area contributed by atoms with Crippen molar-refractivity contribution in [3.05, 3.63) is 0 Å². The lowest BCUT2D eigenvalue weighted by Crippen LogP contribution is -2.41. The summed E-state index contributed by atoms with van der Waals surface area (Å²) in [7, 11) is 0. The van der Waals surface area contributed by atoms with E-state index in [9.17, 15) is 4.79 Å². The van der Waals surface area contributed by atoms with Gasteiger partial charge in [-0.2, -0.15) is 11.8 Å². The summed E-state index contributed by atoms with van der Waals surface area (Å²) < 4.78 is 0.320. The third-order valence-electron chi connectivity index (χ3n) is 2.85. The van der Waals surface area contributed by atoms with Gasteiger partial charge in [-0.15, -0.1) is 0 Å². The molecule has 0 aromatic carbocycles. The molecule has 1 saturated heterocycles. The highest BCUT2D eigenvalue weighted by Crippen LogP contribution is 2.30. The van der Waals surface area contributed by atoms with Crippen LogP contribution in [0.25, 0.3) is 0 Å². The summed E-state index contributed by atoms with van der Waals surface area (Å²) in [5.74, 6) is 1.30. The van der Waals surface area contributed by atoms with Crippen molar-refractivity contribution in [2.45, 2.75) is 44.9 Å². The van der Waals surface area contributed by atoms with Crippen LogP contribution in [0.4, 0.5) is 0 Å². The molecule has 3 nitrogen and oxygen atoms in total. The monoisotopic (exact) mass is 244 g/mol. The molecule has 0 bridgehead atoms. The summed E-state index contributed by atoms with van der Waals surface area (Å²) in [6.45, 7) is 10.9. The minimum Gasteiger partial charge on any atom is -0.341 e. The largest absolute Gasteiger partial charge is 0.341 e. The summed E-state index contributed by atoms with van der Waals surface area (Å²) in [5.41, 5.74) is 0. The van der Waals surface area contributed by atoms with Crippen molar-refractivity contribution < 1.29 is 4.79 Å². The topological polar surface area (TPSA) is 32.3 Å². The van der Waals surface area contributed by atoms with Crippen LogP contribution in [0.2, 0.25) is 0 Å². The highest BCUT2D eigenvalue weighted by molar-refractivity contribution is 8.00. The molecule has 0 radical (unpaired) electrons. The first-order chi connectivity index (χ1) is 7.41. The molecule has 1 aliphatic heterocycles. The van der Waals surface area contributed by atoms with Gasteiger partial charge in [0.2, 0.25) is 5.91 Å². The van der Waals surface area contributed by atoms with Crippen molar-refractivity contribution >= 4 is 17.7 Å². The van der Waals surface area contributed by atoms with Crippen LogP contribution < -0.4 is 5.32 Å². The molecule has 0 unspecified atom stereocenters. The number of nitrogens with one attached hydrogen (secondary N) is 1. The molecule has 0 aliphatic carbocycles. The Labute approximate surface area is 103 Å². The maximum absolute atomic E-state index is 11.9. The number of thioether (sulfide) groups is 1. The minimum absolute atomic E-state index is 0.243. The van der Waals surface area contributed by atoms with Gasteiger partial charge in [-0.25, -0.2) is 0 Å². The van der Waals surface area contributed by atoms with Gasteiger partial charge in [0, 0.05) is 29.6 Å². The van der Waals surface area contributed by atoms with E-state index < -0.39 is 0 Å². The molecule has 1 N–H and O–H groups in total. The number of carbonyl (C=O) groups is 1. The molecule has 0 aromatic heterocycles. The van der Waals surface area contributed by atoms with E-state index in [0.717, 1.165) is 25.3 Å². The fourth-order valence-corrected chi connectivity index (χ4v) is 2.77. The summed E-state index contributed by atoms with van der Waals surface area (Å²) in [5, 5.41) is 3.19. The lowest BCUT2D eigenvalue weighted by atomic mass is 10.1. The standard InChI is InChI=1S/C12H24N2OS/c1-10(2)13-9-11(15)14-6-5-12(3,4)16-8-7-14/h10,13H,5-9H2,1-4H3. The summed E-state index contributed by atoms with van der Waals surface area (Å²) in [6, 6.07) is 0.377. The molecule has 1 rings (SSSR count). The lowest BCUT2D eigenvalue weighted by Gasteiger charge is -2.23. The predicted molar refractivity (Wildman–Crippen MR) is 70.9 cm³/mol. The molecular formula is C12H24N2OS. The van der Waals surface area contributed by atoms with E-state index in [1.807, 2.05) is 16.7 Å². The maximum Gasteiger partial charge on any atom is 0.236 e. The van der Waals surface area contributed by atoms with Gasteiger partial charge in [-0.3, -0.25) is 4.79 Å². The van der Waals surface area contributed by atoms with Crippen LogP contribution >= 0.6 is 11.8 Å². The maximum atomic E-state index is 11.9. The smallest absolute Gasteiger partial charge is 0.236 e. The Morgan fingerprint density at radius 2 is 2.12 bits per heavy atom. The van der Waals surface area contributed by atoms with Crippen LogP contribution in [0.1, 0.15) is 34.1 Å². The second kappa shape index (κ2) is 5.92. The number of amides is 1. The van der Waals surface area contributed by atoms with Crippen molar-refractivity contribution in [1.29, 1.82) is 0 Å². The van der Waals surface area contributed by atoms with E-state index >= 15 is 0 Å². The van der Waals surface area contributed by atoms with Gasteiger partial charge >= 0.3 is 0 Å². The number of rotatable bonds is 3. The summed E-state index contributed by atoms with van der Waals surface area (Å²) in [6.07, 6.45) is 1.09. The van der Waals surface area contributed by atoms with Gasteiger partial charge in [-0.1, -0.05) is 27.7 Å². The highest BCUT2D eigenvalue weighted by atomic mass is 32.2. The van der Waals surface area contributed by atoms with Crippen molar-refractivity contribution in [2.24, 2.45) is 0 Å². The normalized spacial score (nSPS) is 20.9. The third kappa shape index (κ3) is 4.74. The molecule has 0 saturated carbocycles. The third-order valence-corrected chi connectivity index (χ3v) is 4.22. The van der Waals surface area contributed by atoms with Crippen LogP contribution in [0.15, 0.2) is 0 Å². The summed E-state index contributed by atoms with van der Waals surface area (Å²) in [4.78, 5) is 13.9. The van der Waals surface area contributed by atoms with E-state index in [1.54, 1.807) is 0 Å². The molecule has 1 heterocycles. The van der Waals surface area contributed by atoms with E-state index in [-0.39, 0.29) is 5.91 Å². The van der Waals surface area contributed by atoms with Crippen LogP contribution in [0, 0.1) is 0 Å². The fraction of sp³-hybridized carbons (Fsp3) is 0.917.